The van der Waals surface area contributed by atoms with Crippen molar-refractivity contribution in [3.05, 3.63) is 59.5 Å². The molecule has 3 rings (SSSR count). The fourth-order valence-electron chi connectivity index (χ4n) is 2.19. The zero-order valence-electron chi connectivity index (χ0n) is 8.81. The average molecular weight is 198 g/mol. The second-order valence-corrected chi connectivity index (χ2v) is 4.37. The summed E-state index contributed by atoms with van der Waals surface area (Å²) in [7, 11) is 0. The number of hydrogen-bond acceptors (Lipinski definition) is 1. The van der Waals surface area contributed by atoms with E-state index < -0.39 is 0 Å². The van der Waals surface area contributed by atoms with E-state index in [-0.39, 0.29) is 0 Å². The van der Waals surface area contributed by atoms with E-state index in [0.29, 0.717) is 11.8 Å². The third-order valence-electron chi connectivity index (χ3n) is 3.20. The van der Waals surface area contributed by atoms with E-state index in [0.717, 1.165) is 5.76 Å². The molecule has 1 nitrogen and oxygen atoms in total. The molecule has 1 heterocycles. The molecule has 1 aromatic carbocycles. The standard InChI is InChI=1S/C14H14O/c1-10-4-6-11(7-5-10)12-9-13(12)14-3-2-8-15-14/h2-8,12-13H,9H2,1H3. The molecular formula is C14H14O. The molecule has 1 aliphatic rings. The van der Waals surface area contributed by atoms with Gasteiger partial charge in [-0.1, -0.05) is 29.8 Å². The third-order valence-corrected chi connectivity index (χ3v) is 3.20. The van der Waals surface area contributed by atoms with Crippen LogP contribution >= 0.6 is 0 Å². The summed E-state index contributed by atoms with van der Waals surface area (Å²) in [4.78, 5) is 0. The van der Waals surface area contributed by atoms with Gasteiger partial charge in [0, 0.05) is 5.92 Å². The molecule has 2 unspecified atom stereocenters. The smallest absolute Gasteiger partial charge is 0.107 e. The molecule has 0 amide bonds. The molecule has 0 N–H and O–H groups in total. The first-order chi connectivity index (χ1) is 7.34. The quantitative estimate of drug-likeness (QED) is 0.714. The summed E-state index contributed by atoms with van der Waals surface area (Å²) < 4.78 is 5.43. The maximum absolute atomic E-state index is 5.43. The predicted octanol–water partition coefficient (Wildman–Crippen LogP) is 3.86. The Labute approximate surface area is 89.7 Å². The maximum Gasteiger partial charge on any atom is 0.107 e. The van der Waals surface area contributed by atoms with Crippen LogP contribution in [0.15, 0.2) is 47.1 Å². The molecule has 2 aromatic rings. The summed E-state index contributed by atoms with van der Waals surface area (Å²) in [6, 6.07) is 12.9. The first kappa shape index (κ1) is 8.78. The van der Waals surface area contributed by atoms with Gasteiger partial charge in [-0.3, -0.25) is 0 Å². The minimum atomic E-state index is 0.614. The molecule has 15 heavy (non-hydrogen) atoms. The number of furan rings is 1. The highest BCUT2D eigenvalue weighted by Gasteiger charge is 2.41. The van der Waals surface area contributed by atoms with Crippen LogP contribution in [0.2, 0.25) is 0 Å². The molecule has 1 heteroatoms. The number of hydrogen-bond donors (Lipinski definition) is 0. The van der Waals surface area contributed by atoms with Crippen molar-refractivity contribution in [2.45, 2.75) is 25.2 Å². The molecule has 1 fully saturated rings. The van der Waals surface area contributed by atoms with Crippen LogP contribution in [-0.4, -0.2) is 0 Å². The predicted molar refractivity (Wildman–Crippen MR) is 60.0 cm³/mol. The molecular weight excluding hydrogens is 184 g/mol. The maximum atomic E-state index is 5.43. The Kier molecular flexibility index (Phi) is 1.91. The summed E-state index contributed by atoms with van der Waals surface area (Å²) in [5.41, 5.74) is 2.77. The van der Waals surface area contributed by atoms with Gasteiger partial charge in [-0.05, 0) is 37.0 Å². The molecule has 0 saturated heterocycles. The van der Waals surface area contributed by atoms with Gasteiger partial charge in [-0.15, -0.1) is 0 Å². The van der Waals surface area contributed by atoms with Crippen molar-refractivity contribution in [1.82, 2.24) is 0 Å². The molecule has 1 aliphatic carbocycles. The van der Waals surface area contributed by atoms with Crippen LogP contribution < -0.4 is 0 Å². The number of benzene rings is 1. The summed E-state index contributed by atoms with van der Waals surface area (Å²) in [5.74, 6) is 2.43. The first-order valence-corrected chi connectivity index (χ1v) is 5.44. The van der Waals surface area contributed by atoms with Crippen molar-refractivity contribution < 1.29 is 4.42 Å². The topological polar surface area (TPSA) is 13.1 Å². The second-order valence-electron chi connectivity index (χ2n) is 4.37. The van der Waals surface area contributed by atoms with Gasteiger partial charge < -0.3 is 4.42 Å². The van der Waals surface area contributed by atoms with Crippen molar-refractivity contribution in [3.8, 4) is 0 Å². The van der Waals surface area contributed by atoms with Crippen molar-refractivity contribution in [3.63, 3.8) is 0 Å². The molecule has 1 aromatic heterocycles. The van der Waals surface area contributed by atoms with E-state index >= 15 is 0 Å². The van der Waals surface area contributed by atoms with Crippen LogP contribution in [0.5, 0.6) is 0 Å². The molecule has 0 aliphatic heterocycles. The van der Waals surface area contributed by atoms with E-state index in [9.17, 15) is 0 Å². The Hall–Kier alpha value is -1.50. The van der Waals surface area contributed by atoms with Crippen LogP contribution in [0, 0.1) is 6.92 Å². The SMILES string of the molecule is Cc1ccc(C2CC2c2ccco2)cc1. The monoisotopic (exact) mass is 198 g/mol. The van der Waals surface area contributed by atoms with Gasteiger partial charge >= 0.3 is 0 Å². The Morgan fingerprint density at radius 2 is 1.87 bits per heavy atom. The zero-order valence-corrected chi connectivity index (χ0v) is 8.81. The van der Waals surface area contributed by atoms with Gasteiger partial charge in [0.15, 0.2) is 0 Å². The lowest BCUT2D eigenvalue weighted by molar-refractivity contribution is 0.509. The summed E-state index contributed by atoms with van der Waals surface area (Å²) >= 11 is 0. The largest absolute Gasteiger partial charge is 0.469 e. The fourth-order valence-corrected chi connectivity index (χ4v) is 2.19. The van der Waals surface area contributed by atoms with Crippen LogP contribution in [0.1, 0.15) is 35.1 Å². The highest BCUT2D eigenvalue weighted by Crippen LogP contribution is 2.54. The Morgan fingerprint density at radius 3 is 2.53 bits per heavy atom. The molecule has 2 atom stereocenters. The molecule has 1 saturated carbocycles. The zero-order chi connectivity index (χ0) is 10.3. The Bertz CT molecular complexity index is 439. The van der Waals surface area contributed by atoms with Crippen LogP contribution in [-0.2, 0) is 0 Å². The Morgan fingerprint density at radius 1 is 1.07 bits per heavy atom. The van der Waals surface area contributed by atoms with Crippen molar-refractivity contribution in [2.75, 3.05) is 0 Å². The van der Waals surface area contributed by atoms with Gasteiger partial charge in [0.1, 0.15) is 5.76 Å². The highest BCUT2D eigenvalue weighted by molar-refractivity contribution is 5.34. The van der Waals surface area contributed by atoms with E-state index in [1.807, 2.05) is 6.07 Å². The minimum Gasteiger partial charge on any atom is -0.469 e. The van der Waals surface area contributed by atoms with Crippen LogP contribution in [0.4, 0.5) is 0 Å². The third kappa shape index (κ3) is 1.58. The fraction of sp³-hybridized carbons (Fsp3) is 0.286. The molecule has 0 radical (unpaired) electrons. The highest BCUT2D eigenvalue weighted by atomic mass is 16.3. The second kappa shape index (κ2) is 3.27. The average Bonchev–Trinajstić information content (AvgIpc) is 2.87. The van der Waals surface area contributed by atoms with Crippen molar-refractivity contribution >= 4 is 0 Å². The van der Waals surface area contributed by atoms with E-state index in [2.05, 4.69) is 37.3 Å². The van der Waals surface area contributed by atoms with E-state index in [1.54, 1.807) is 6.26 Å². The Balaban J connectivity index is 1.79. The van der Waals surface area contributed by atoms with Crippen LogP contribution in [0.3, 0.4) is 0 Å². The van der Waals surface area contributed by atoms with Gasteiger partial charge in [0.2, 0.25) is 0 Å². The lowest BCUT2D eigenvalue weighted by atomic mass is 10.1. The van der Waals surface area contributed by atoms with E-state index in [1.165, 1.54) is 17.5 Å². The molecule has 0 spiro atoms. The molecule has 76 valence electrons. The van der Waals surface area contributed by atoms with Crippen molar-refractivity contribution in [2.24, 2.45) is 0 Å². The summed E-state index contributed by atoms with van der Waals surface area (Å²) in [6.07, 6.45) is 3.00. The van der Waals surface area contributed by atoms with Crippen molar-refractivity contribution in [1.29, 1.82) is 0 Å². The van der Waals surface area contributed by atoms with Gasteiger partial charge in [0.05, 0.1) is 6.26 Å². The van der Waals surface area contributed by atoms with Gasteiger partial charge in [-0.25, -0.2) is 0 Å². The van der Waals surface area contributed by atoms with E-state index in [4.69, 9.17) is 4.42 Å². The lowest BCUT2D eigenvalue weighted by Gasteiger charge is -1.99. The molecule has 0 bridgehead atoms. The van der Waals surface area contributed by atoms with Gasteiger partial charge in [0.25, 0.3) is 0 Å². The summed E-state index contributed by atoms with van der Waals surface area (Å²) in [6.45, 7) is 2.13. The minimum absolute atomic E-state index is 0.614. The van der Waals surface area contributed by atoms with Crippen LogP contribution in [0.25, 0.3) is 0 Å². The van der Waals surface area contributed by atoms with Gasteiger partial charge in [-0.2, -0.15) is 0 Å². The lowest BCUT2D eigenvalue weighted by Crippen LogP contribution is -1.82. The number of rotatable bonds is 2. The normalized spacial score (nSPS) is 24.1. The summed E-state index contributed by atoms with van der Waals surface area (Å²) in [5, 5.41) is 0. The number of aryl methyl sites for hydroxylation is 1. The first-order valence-electron chi connectivity index (χ1n) is 5.44.